The average Bonchev–Trinajstić information content (AvgIpc) is 2.75. The topological polar surface area (TPSA) is 38.1 Å². The van der Waals surface area contributed by atoms with Crippen molar-refractivity contribution in [2.75, 3.05) is 7.05 Å². The minimum atomic E-state index is 0.150. The molecule has 3 nitrogen and oxygen atoms in total. The Balaban J connectivity index is 2.40. The third kappa shape index (κ3) is 1.92. The van der Waals surface area contributed by atoms with Crippen molar-refractivity contribution in [2.24, 2.45) is 0 Å². The maximum Gasteiger partial charge on any atom is 0.0953 e. The smallest absolute Gasteiger partial charge is 0.0953 e. The van der Waals surface area contributed by atoms with Crippen LogP contribution in [0.1, 0.15) is 22.7 Å². The number of nitrogens with one attached hydrogen (secondary N) is 1. The molecule has 0 saturated carbocycles. The van der Waals surface area contributed by atoms with Gasteiger partial charge in [0, 0.05) is 18.0 Å². The van der Waals surface area contributed by atoms with Crippen molar-refractivity contribution in [3.63, 3.8) is 0 Å². The Hall–Kier alpha value is -1.61. The number of hydrogen-bond acceptors (Lipinski definition) is 3. The van der Waals surface area contributed by atoms with E-state index in [-0.39, 0.29) is 6.04 Å². The lowest BCUT2D eigenvalue weighted by Gasteiger charge is -2.16. The van der Waals surface area contributed by atoms with E-state index in [9.17, 15) is 0 Å². The summed E-state index contributed by atoms with van der Waals surface area (Å²) >= 11 is 0. The van der Waals surface area contributed by atoms with Crippen molar-refractivity contribution < 1.29 is 4.42 Å². The summed E-state index contributed by atoms with van der Waals surface area (Å²) in [5.74, 6) is 0. The molecule has 3 heteroatoms. The van der Waals surface area contributed by atoms with E-state index in [1.807, 2.05) is 25.4 Å². The molecule has 0 bridgehead atoms. The minimum Gasteiger partial charge on any atom is -0.472 e. The predicted molar refractivity (Wildman–Crippen MR) is 58.6 cm³/mol. The van der Waals surface area contributed by atoms with E-state index in [1.165, 1.54) is 11.1 Å². The van der Waals surface area contributed by atoms with Gasteiger partial charge >= 0.3 is 0 Å². The molecule has 1 atom stereocenters. The van der Waals surface area contributed by atoms with E-state index in [0.29, 0.717) is 0 Å². The molecule has 0 saturated heterocycles. The van der Waals surface area contributed by atoms with Gasteiger partial charge in [-0.15, -0.1) is 0 Å². The lowest BCUT2D eigenvalue weighted by atomic mass is 9.99. The average molecular weight is 202 g/mol. The van der Waals surface area contributed by atoms with Crippen molar-refractivity contribution in [1.29, 1.82) is 0 Å². The van der Waals surface area contributed by atoms with E-state index < -0.39 is 0 Å². The first kappa shape index (κ1) is 9.93. The number of aromatic nitrogens is 1. The van der Waals surface area contributed by atoms with Crippen LogP contribution in [-0.2, 0) is 0 Å². The quantitative estimate of drug-likeness (QED) is 0.829. The van der Waals surface area contributed by atoms with Crippen molar-refractivity contribution >= 4 is 0 Å². The molecule has 0 aromatic carbocycles. The highest BCUT2D eigenvalue weighted by atomic mass is 16.3. The second kappa shape index (κ2) is 4.28. The van der Waals surface area contributed by atoms with Gasteiger partial charge in [0.1, 0.15) is 0 Å². The van der Waals surface area contributed by atoms with E-state index >= 15 is 0 Å². The van der Waals surface area contributed by atoms with Crippen LogP contribution in [0.25, 0.3) is 0 Å². The summed E-state index contributed by atoms with van der Waals surface area (Å²) in [6.07, 6.45) is 7.14. The molecular weight excluding hydrogens is 188 g/mol. The van der Waals surface area contributed by atoms with Crippen LogP contribution < -0.4 is 5.32 Å². The molecule has 0 aliphatic carbocycles. The van der Waals surface area contributed by atoms with Crippen molar-refractivity contribution in [3.05, 3.63) is 53.7 Å². The molecule has 2 rings (SSSR count). The summed E-state index contributed by atoms with van der Waals surface area (Å²) in [7, 11) is 1.93. The Morgan fingerprint density at radius 3 is 2.87 bits per heavy atom. The van der Waals surface area contributed by atoms with Gasteiger partial charge < -0.3 is 9.73 Å². The zero-order valence-corrected chi connectivity index (χ0v) is 8.90. The summed E-state index contributed by atoms with van der Waals surface area (Å²) in [5.41, 5.74) is 3.53. The predicted octanol–water partition coefficient (Wildman–Crippen LogP) is 2.29. The molecule has 0 aliphatic heterocycles. The summed E-state index contributed by atoms with van der Waals surface area (Å²) < 4.78 is 5.10. The summed E-state index contributed by atoms with van der Waals surface area (Å²) in [4.78, 5) is 4.15. The van der Waals surface area contributed by atoms with Crippen LogP contribution in [0, 0.1) is 6.92 Å². The monoisotopic (exact) mass is 202 g/mol. The van der Waals surface area contributed by atoms with Crippen LogP contribution in [-0.4, -0.2) is 12.0 Å². The number of pyridine rings is 1. The van der Waals surface area contributed by atoms with Crippen LogP contribution in [0.15, 0.2) is 41.5 Å². The number of rotatable bonds is 3. The lowest BCUT2D eigenvalue weighted by Crippen LogP contribution is -2.18. The zero-order valence-electron chi connectivity index (χ0n) is 8.90. The molecule has 2 heterocycles. The second-order valence-corrected chi connectivity index (χ2v) is 3.51. The third-order valence-electron chi connectivity index (χ3n) is 2.56. The first-order chi connectivity index (χ1) is 7.33. The van der Waals surface area contributed by atoms with E-state index in [2.05, 4.69) is 17.2 Å². The summed E-state index contributed by atoms with van der Waals surface area (Å²) in [6, 6.07) is 4.13. The maximum absolute atomic E-state index is 5.10. The normalized spacial score (nSPS) is 12.7. The Morgan fingerprint density at radius 2 is 2.27 bits per heavy atom. The fourth-order valence-corrected chi connectivity index (χ4v) is 1.72. The van der Waals surface area contributed by atoms with Gasteiger partial charge in [0.05, 0.1) is 18.6 Å². The van der Waals surface area contributed by atoms with E-state index in [0.717, 1.165) is 5.56 Å². The van der Waals surface area contributed by atoms with Crippen molar-refractivity contribution in [2.45, 2.75) is 13.0 Å². The minimum absolute atomic E-state index is 0.150. The molecule has 1 N–H and O–H groups in total. The van der Waals surface area contributed by atoms with Gasteiger partial charge in [0.2, 0.25) is 0 Å². The van der Waals surface area contributed by atoms with E-state index in [4.69, 9.17) is 4.42 Å². The van der Waals surface area contributed by atoms with E-state index in [1.54, 1.807) is 18.7 Å². The van der Waals surface area contributed by atoms with Crippen molar-refractivity contribution in [1.82, 2.24) is 10.3 Å². The highest BCUT2D eigenvalue weighted by Gasteiger charge is 2.14. The molecule has 0 fully saturated rings. The summed E-state index contributed by atoms with van der Waals surface area (Å²) in [5, 5.41) is 3.26. The van der Waals surface area contributed by atoms with Gasteiger partial charge in [-0.1, -0.05) is 0 Å². The molecular formula is C12H14N2O. The van der Waals surface area contributed by atoms with Gasteiger partial charge in [0.15, 0.2) is 0 Å². The molecule has 0 aliphatic rings. The van der Waals surface area contributed by atoms with Crippen LogP contribution in [0.2, 0.25) is 0 Å². The van der Waals surface area contributed by atoms with Crippen LogP contribution in [0.5, 0.6) is 0 Å². The summed E-state index contributed by atoms with van der Waals surface area (Å²) in [6.45, 7) is 2.08. The van der Waals surface area contributed by atoms with Gasteiger partial charge in [-0.25, -0.2) is 0 Å². The van der Waals surface area contributed by atoms with Crippen LogP contribution in [0.3, 0.4) is 0 Å². The van der Waals surface area contributed by atoms with Crippen LogP contribution in [0.4, 0.5) is 0 Å². The standard InChI is InChI=1S/C12H14N2O/c1-9-3-5-14-7-11(9)12(13-2)10-4-6-15-8-10/h3-8,12-13H,1-2H3. The van der Waals surface area contributed by atoms with Crippen molar-refractivity contribution in [3.8, 4) is 0 Å². The molecule has 78 valence electrons. The Bertz CT molecular complexity index is 423. The Morgan fingerprint density at radius 1 is 1.40 bits per heavy atom. The molecule has 0 spiro atoms. The van der Waals surface area contributed by atoms with Gasteiger partial charge in [-0.2, -0.15) is 0 Å². The van der Waals surface area contributed by atoms with Crippen LogP contribution >= 0.6 is 0 Å². The first-order valence-electron chi connectivity index (χ1n) is 4.93. The number of hydrogen-bond donors (Lipinski definition) is 1. The molecule has 2 aromatic rings. The highest BCUT2D eigenvalue weighted by Crippen LogP contribution is 2.23. The molecule has 0 radical (unpaired) electrons. The first-order valence-corrected chi connectivity index (χ1v) is 4.93. The number of nitrogens with zero attached hydrogens (tertiary/aromatic N) is 1. The SMILES string of the molecule is CNC(c1ccoc1)c1cnccc1C. The van der Waals surface area contributed by atoms with Gasteiger partial charge in [-0.05, 0) is 37.2 Å². The lowest BCUT2D eigenvalue weighted by molar-refractivity contribution is 0.557. The molecule has 15 heavy (non-hydrogen) atoms. The maximum atomic E-state index is 5.10. The zero-order chi connectivity index (χ0) is 10.7. The molecule has 0 amide bonds. The second-order valence-electron chi connectivity index (χ2n) is 3.51. The molecule has 2 aromatic heterocycles. The number of aryl methyl sites for hydroxylation is 1. The fourth-order valence-electron chi connectivity index (χ4n) is 1.72. The Labute approximate surface area is 89.1 Å². The molecule has 1 unspecified atom stereocenters. The highest BCUT2D eigenvalue weighted by molar-refractivity contribution is 5.32. The number of furan rings is 1. The van der Waals surface area contributed by atoms with Gasteiger partial charge in [-0.3, -0.25) is 4.98 Å². The van der Waals surface area contributed by atoms with Gasteiger partial charge in [0.25, 0.3) is 0 Å². The largest absolute Gasteiger partial charge is 0.472 e. The Kier molecular flexibility index (Phi) is 2.83. The third-order valence-corrected chi connectivity index (χ3v) is 2.56. The fraction of sp³-hybridized carbons (Fsp3) is 0.250.